The smallest absolute Gasteiger partial charge is 0.410 e. The number of hydrogen-bond donors (Lipinski definition) is 1. The van der Waals surface area contributed by atoms with Gasteiger partial charge in [0.05, 0.1) is 5.60 Å². The number of halogens is 2. The Morgan fingerprint density at radius 1 is 1.19 bits per heavy atom. The van der Waals surface area contributed by atoms with Gasteiger partial charge in [-0.3, -0.25) is 0 Å². The van der Waals surface area contributed by atoms with Crippen LogP contribution in [0.3, 0.4) is 0 Å². The molecule has 27 heavy (non-hydrogen) atoms. The van der Waals surface area contributed by atoms with Gasteiger partial charge in [0.25, 0.3) is 0 Å². The summed E-state index contributed by atoms with van der Waals surface area (Å²) in [6, 6.07) is 14.0. The SMILES string of the molecule is O=C(OCc1ccccc1)N1CCCC(O)(Cc2ccc(Cl)cc2F)CC1. The summed E-state index contributed by atoms with van der Waals surface area (Å²) in [5.41, 5.74) is 0.306. The second kappa shape index (κ2) is 8.72. The van der Waals surface area contributed by atoms with Crippen LogP contribution in [0.15, 0.2) is 48.5 Å². The average Bonchev–Trinajstić information content (AvgIpc) is 2.85. The number of carbonyl (C=O) groups is 1. The predicted octanol–water partition coefficient (Wildman–Crippen LogP) is 4.58. The van der Waals surface area contributed by atoms with Crippen LogP contribution in [0.25, 0.3) is 0 Å². The third-order valence-electron chi connectivity index (χ3n) is 4.92. The summed E-state index contributed by atoms with van der Waals surface area (Å²) in [6.07, 6.45) is 1.31. The van der Waals surface area contributed by atoms with Gasteiger partial charge in [-0.25, -0.2) is 9.18 Å². The summed E-state index contributed by atoms with van der Waals surface area (Å²) >= 11 is 5.79. The Hall–Kier alpha value is -2.11. The molecule has 4 nitrogen and oxygen atoms in total. The van der Waals surface area contributed by atoms with Gasteiger partial charge in [-0.1, -0.05) is 48.0 Å². The fourth-order valence-corrected chi connectivity index (χ4v) is 3.53. The van der Waals surface area contributed by atoms with Crippen LogP contribution < -0.4 is 0 Å². The Bertz CT molecular complexity index is 786. The van der Waals surface area contributed by atoms with Crippen molar-refractivity contribution >= 4 is 17.7 Å². The largest absolute Gasteiger partial charge is 0.445 e. The van der Waals surface area contributed by atoms with Crippen LogP contribution in [0.5, 0.6) is 0 Å². The van der Waals surface area contributed by atoms with E-state index in [-0.39, 0.29) is 19.1 Å². The molecule has 1 fully saturated rings. The van der Waals surface area contributed by atoms with Crippen molar-refractivity contribution in [3.8, 4) is 0 Å². The summed E-state index contributed by atoms with van der Waals surface area (Å²) in [5.74, 6) is -0.417. The molecule has 0 saturated carbocycles. The van der Waals surface area contributed by atoms with E-state index in [9.17, 15) is 14.3 Å². The highest BCUT2D eigenvalue weighted by Crippen LogP contribution is 2.28. The van der Waals surface area contributed by atoms with Crippen molar-refractivity contribution in [2.24, 2.45) is 0 Å². The summed E-state index contributed by atoms with van der Waals surface area (Å²) in [6.45, 7) is 1.11. The van der Waals surface area contributed by atoms with E-state index in [1.54, 1.807) is 17.0 Å². The maximum atomic E-state index is 14.1. The van der Waals surface area contributed by atoms with Crippen LogP contribution in [-0.4, -0.2) is 34.8 Å². The van der Waals surface area contributed by atoms with Crippen LogP contribution in [0, 0.1) is 5.82 Å². The minimum atomic E-state index is -1.05. The van der Waals surface area contributed by atoms with Crippen molar-refractivity contribution in [2.45, 2.75) is 37.9 Å². The lowest BCUT2D eigenvalue weighted by Gasteiger charge is -2.27. The lowest BCUT2D eigenvalue weighted by atomic mass is 9.87. The molecule has 0 radical (unpaired) electrons. The van der Waals surface area contributed by atoms with Gasteiger partial charge in [-0.15, -0.1) is 0 Å². The van der Waals surface area contributed by atoms with E-state index >= 15 is 0 Å². The Kier molecular flexibility index (Phi) is 6.34. The third kappa shape index (κ3) is 5.44. The Labute approximate surface area is 163 Å². The minimum absolute atomic E-state index is 0.197. The Morgan fingerprint density at radius 3 is 2.70 bits per heavy atom. The third-order valence-corrected chi connectivity index (χ3v) is 5.15. The zero-order chi connectivity index (χ0) is 19.3. The number of likely N-dealkylation sites (tertiary alicyclic amines) is 1. The van der Waals surface area contributed by atoms with Gasteiger partial charge in [0.1, 0.15) is 12.4 Å². The highest BCUT2D eigenvalue weighted by atomic mass is 35.5. The maximum Gasteiger partial charge on any atom is 0.410 e. The van der Waals surface area contributed by atoms with Crippen LogP contribution in [0.1, 0.15) is 30.4 Å². The molecule has 0 bridgehead atoms. The van der Waals surface area contributed by atoms with Crippen LogP contribution in [0.4, 0.5) is 9.18 Å². The zero-order valence-electron chi connectivity index (χ0n) is 15.0. The maximum absolute atomic E-state index is 14.1. The minimum Gasteiger partial charge on any atom is -0.445 e. The number of hydrogen-bond acceptors (Lipinski definition) is 3. The first-order valence-electron chi connectivity index (χ1n) is 9.07. The molecule has 1 amide bonds. The molecule has 3 rings (SSSR count). The first-order valence-corrected chi connectivity index (χ1v) is 9.45. The second-order valence-electron chi connectivity index (χ2n) is 7.02. The lowest BCUT2D eigenvalue weighted by Crippen LogP contribution is -2.36. The van der Waals surface area contributed by atoms with E-state index in [1.165, 1.54) is 6.07 Å². The fraction of sp³-hybridized carbons (Fsp3) is 0.381. The van der Waals surface area contributed by atoms with E-state index in [4.69, 9.17) is 16.3 Å². The number of benzene rings is 2. The first kappa shape index (κ1) is 19.6. The number of carbonyl (C=O) groups excluding carboxylic acids is 1. The van der Waals surface area contributed by atoms with Gasteiger partial charge in [-0.2, -0.15) is 0 Å². The van der Waals surface area contributed by atoms with E-state index in [0.29, 0.717) is 42.9 Å². The lowest BCUT2D eigenvalue weighted by molar-refractivity contribution is 0.0244. The van der Waals surface area contributed by atoms with Crippen molar-refractivity contribution < 1.29 is 19.0 Å². The number of aliphatic hydroxyl groups is 1. The normalized spacial score (nSPS) is 20.2. The second-order valence-corrected chi connectivity index (χ2v) is 7.45. The highest BCUT2D eigenvalue weighted by Gasteiger charge is 2.33. The van der Waals surface area contributed by atoms with Crippen molar-refractivity contribution in [1.82, 2.24) is 4.90 Å². The fourth-order valence-electron chi connectivity index (χ4n) is 3.37. The van der Waals surface area contributed by atoms with Crippen LogP contribution in [-0.2, 0) is 17.8 Å². The highest BCUT2D eigenvalue weighted by molar-refractivity contribution is 6.30. The molecule has 0 aliphatic carbocycles. The van der Waals surface area contributed by atoms with Crippen LogP contribution >= 0.6 is 11.6 Å². The number of rotatable bonds is 4. The van der Waals surface area contributed by atoms with E-state index in [1.807, 2.05) is 30.3 Å². The van der Waals surface area contributed by atoms with Gasteiger partial charge in [-0.05, 0) is 42.5 Å². The van der Waals surface area contributed by atoms with Crippen molar-refractivity contribution in [2.75, 3.05) is 13.1 Å². The van der Waals surface area contributed by atoms with Gasteiger partial charge >= 0.3 is 6.09 Å². The first-order chi connectivity index (χ1) is 13.0. The number of nitrogens with zero attached hydrogens (tertiary/aromatic N) is 1. The summed E-state index contributed by atoms with van der Waals surface area (Å²) in [7, 11) is 0. The molecule has 1 heterocycles. The standard InChI is InChI=1S/C21H23ClFNO3/c22-18-8-7-17(19(23)13-18)14-21(26)9-4-11-24(12-10-21)20(25)27-15-16-5-2-1-3-6-16/h1-3,5-8,13,26H,4,9-12,14-15H2. The van der Waals surface area contributed by atoms with Gasteiger partial charge < -0.3 is 14.7 Å². The topological polar surface area (TPSA) is 49.8 Å². The summed E-state index contributed by atoms with van der Waals surface area (Å²) < 4.78 is 19.4. The number of ether oxygens (including phenoxy) is 1. The molecule has 1 unspecified atom stereocenters. The van der Waals surface area contributed by atoms with Crippen LogP contribution in [0.2, 0.25) is 5.02 Å². The number of amides is 1. The summed E-state index contributed by atoms with van der Waals surface area (Å²) in [5, 5.41) is 11.3. The molecule has 1 aliphatic heterocycles. The molecule has 0 spiro atoms. The predicted molar refractivity (Wildman–Crippen MR) is 102 cm³/mol. The molecule has 1 aliphatic rings. The van der Waals surface area contributed by atoms with E-state index in [0.717, 1.165) is 5.56 Å². The quantitative estimate of drug-likeness (QED) is 0.830. The van der Waals surface area contributed by atoms with Gasteiger partial charge in [0.15, 0.2) is 0 Å². The average molecular weight is 392 g/mol. The molecule has 1 atom stereocenters. The van der Waals surface area contributed by atoms with Crippen molar-refractivity contribution in [3.05, 3.63) is 70.5 Å². The van der Waals surface area contributed by atoms with E-state index in [2.05, 4.69) is 0 Å². The zero-order valence-corrected chi connectivity index (χ0v) is 15.8. The molecule has 1 saturated heterocycles. The molecule has 2 aromatic carbocycles. The van der Waals surface area contributed by atoms with Gasteiger partial charge in [0, 0.05) is 24.5 Å². The molecular weight excluding hydrogens is 369 g/mol. The molecule has 1 N–H and O–H groups in total. The Balaban J connectivity index is 1.56. The molecular formula is C21H23ClFNO3. The monoisotopic (exact) mass is 391 g/mol. The molecule has 6 heteroatoms. The molecule has 0 aromatic heterocycles. The molecule has 144 valence electrons. The van der Waals surface area contributed by atoms with Gasteiger partial charge in [0.2, 0.25) is 0 Å². The van der Waals surface area contributed by atoms with Crippen molar-refractivity contribution in [3.63, 3.8) is 0 Å². The van der Waals surface area contributed by atoms with Crippen molar-refractivity contribution in [1.29, 1.82) is 0 Å². The van der Waals surface area contributed by atoms with E-state index < -0.39 is 11.4 Å². The Morgan fingerprint density at radius 2 is 1.96 bits per heavy atom. The summed E-state index contributed by atoms with van der Waals surface area (Å²) in [4.78, 5) is 13.9. The molecule has 2 aromatic rings.